The number of nitrogens with two attached hydrogens (primary N) is 1. The molecule has 0 aliphatic carbocycles. The number of aryl methyl sites for hydroxylation is 1. The minimum Gasteiger partial charge on any atom is -0.486 e. The summed E-state index contributed by atoms with van der Waals surface area (Å²) in [6.45, 7) is 2.91. The lowest BCUT2D eigenvalue weighted by Crippen LogP contribution is -2.08. The lowest BCUT2D eigenvalue weighted by atomic mass is 10.2. The highest BCUT2D eigenvalue weighted by Gasteiger charge is 2.09. The van der Waals surface area contributed by atoms with Crippen LogP contribution in [-0.4, -0.2) is 25.8 Å². The van der Waals surface area contributed by atoms with Crippen molar-refractivity contribution in [2.75, 3.05) is 5.73 Å². The van der Waals surface area contributed by atoms with Crippen LogP contribution in [0.25, 0.3) is 0 Å². The molecule has 1 aromatic carbocycles. The second kappa shape index (κ2) is 5.38. The largest absolute Gasteiger partial charge is 0.486 e. The van der Waals surface area contributed by atoms with E-state index in [4.69, 9.17) is 15.6 Å². The van der Waals surface area contributed by atoms with Crippen LogP contribution in [0.2, 0.25) is 0 Å². The van der Waals surface area contributed by atoms with E-state index in [-0.39, 0.29) is 17.9 Å². The van der Waals surface area contributed by atoms with Crippen molar-refractivity contribution in [3.63, 3.8) is 0 Å². The Morgan fingerprint density at radius 2 is 2.32 bits per heavy atom. The van der Waals surface area contributed by atoms with Gasteiger partial charge in [-0.05, 0) is 19.1 Å². The summed E-state index contributed by atoms with van der Waals surface area (Å²) in [6, 6.07) is 4.46. The summed E-state index contributed by atoms with van der Waals surface area (Å²) in [5.41, 5.74) is 5.86. The van der Waals surface area contributed by atoms with E-state index in [1.807, 2.05) is 6.92 Å². The Morgan fingerprint density at radius 1 is 1.53 bits per heavy atom. The van der Waals surface area contributed by atoms with Crippen LogP contribution in [0.5, 0.6) is 5.75 Å². The number of aromatic carboxylic acids is 1. The minimum atomic E-state index is -1.06. The summed E-state index contributed by atoms with van der Waals surface area (Å²) in [6.07, 6.45) is 1.46. The summed E-state index contributed by atoms with van der Waals surface area (Å²) in [5.74, 6) is 0.131. The Morgan fingerprint density at radius 3 is 2.95 bits per heavy atom. The van der Waals surface area contributed by atoms with Gasteiger partial charge in [0.2, 0.25) is 0 Å². The third-order valence-corrected chi connectivity index (χ3v) is 2.62. The molecule has 0 bridgehead atoms. The van der Waals surface area contributed by atoms with Gasteiger partial charge in [-0.25, -0.2) is 14.5 Å². The van der Waals surface area contributed by atoms with Crippen molar-refractivity contribution in [2.24, 2.45) is 0 Å². The monoisotopic (exact) mass is 262 g/mol. The molecule has 1 heterocycles. The number of hydrogen-bond acceptors (Lipinski definition) is 5. The molecule has 2 rings (SSSR count). The predicted molar refractivity (Wildman–Crippen MR) is 67.8 cm³/mol. The quantitative estimate of drug-likeness (QED) is 0.783. The molecule has 0 radical (unpaired) electrons. The van der Waals surface area contributed by atoms with E-state index in [9.17, 15) is 4.79 Å². The van der Waals surface area contributed by atoms with Gasteiger partial charge < -0.3 is 15.6 Å². The van der Waals surface area contributed by atoms with Crippen molar-refractivity contribution in [3.05, 3.63) is 35.9 Å². The number of carboxylic acids is 1. The molecule has 7 nitrogen and oxygen atoms in total. The van der Waals surface area contributed by atoms with E-state index in [0.717, 1.165) is 0 Å². The summed E-state index contributed by atoms with van der Waals surface area (Å²) in [5, 5.41) is 12.9. The Hall–Kier alpha value is -2.57. The zero-order valence-electron chi connectivity index (χ0n) is 10.4. The number of rotatable bonds is 5. The average molecular weight is 262 g/mol. The SMILES string of the molecule is CCn1ncnc1COc1ccc(C(=O)O)c(N)c1. The highest BCUT2D eigenvalue weighted by molar-refractivity contribution is 5.93. The van der Waals surface area contributed by atoms with Crippen molar-refractivity contribution in [1.29, 1.82) is 0 Å². The van der Waals surface area contributed by atoms with Crippen LogP contribution < -0.4 is 10.5 Å². The summed E-state index contributed by atoms with van der Waals surface area (Å²) in [7, 11) is 0. The summed E-state index contributed by atoms with van der Waals surface area (Å²) < 4.78 is 7.23. The molecule has 1 aromatic heterocycles. The molecule has 0 saturated heterocycles. The second-order valence-corrected chi connectivity index (χ2v) is 3.83. The Bertz CT molecular complexity index is 594. The molecule has 0 fully saturated rings. The fourth-order valence-corrected chi connectivity index (χ4v) is 1.64. The molecule has 0 saturated carbocycles. The first-order chi connectivity index (χ1) is 9.11. The highest BCUT2D eigenvalue weighted by Crippen LogP contribution is 2.20. The number of ether oxygens (including phenoxy) is 1. The fourth-order valence-electron chi connectivity index (χ4n) is 1.64. The van der Waals surface area contributed by atoms with Crippen molar-refractivity contribution >= 4 is 11.7 Å². The van der Waals surface area contributed by atoms with Gasteiger partial charge >= 0.3 is 5.97 Å². The number of anilines is 1. The Balaban J connectivity index is 2.08. The molecule has 3 N–H and O–H groups in total. The van der Waals surface area contributed by atoms with Gasteiger partial charge in [0.25, 0.3) is 0 Å². The average Bonchev–Trinajstić information content (AvgIpc) is 2.83. The van der Waals surface area contributed by atoms with Crippen molar-refractivity contribution in [2.45, 2.75) is 20.1 Å². The fraction of sp³-hybridized carbons (Fsp3) is 0.250. The van der Waals surface area contributed by atoms with Gasteiger partial charge in [0.05, 0.1) is 5.56 Å². The van der Waals surface area contributed by atoms with Crippen LogP contribution in [0.1, 0.15) is 23.1 Å². The van der Waals surface area contributed by atoms with E-state index in [2.05, 4.69) is 10.1 Å². The van der Waals surface area contributed by atoms with Crippen LogP contribution in [0.3, 0.4) is 0 Å². The number of carbonyl (C=O) groups is 1. The first-order valence-electron chi connectivity index (χ1n) is 5.74. The zero-order chi connectivity index (χ0) is 13.8. The molecule has 0 aliphatic rings. The van der Waals surface area contributed by atoms with Crippen LogP contribution in [0.15, 0.2) is 24.5 Å². The van der Waals surface area contributed by atoms with Gasteiger partial charge in [-0.15, -0.1) is 0 Å². The third-order valence-electron chi connectivity index (χ3n) is 2.62. The summed E-state index contributed by atoms with van der Waals surface area (Å²) in [4.78, 5) is 14.9. The van der Waals surface area contributed by atoms with Crippen molar-refractivity contribution in [3.8, 4) is 5.75 Å². The second-order valence-electron chi connectivity index (χ2n) is 3.83. The number of hydrogen-bond donors (Lipinski definition) is 2. The Labute approximate surface area is 109 Å². The number of aromatic nitrogens is 3. The van der Waals surface area contributed by atoms with E-state index < -0.39 is 5.97 Å². The Kier molecular flexibility index (Phi) is 3.65. The van der Waals surface area contributed by atoms with Gasteiger partial charge in [-0.1, -0.05) is 0 Å². The lowest BCUT2D eigenvalue weighted by molar-refractivity contribution is 0.0698. The van der Waals surface area contributed by atoms with Crippen LogP contribution in [0.4, 0.5) is 5.69 Å². The third kappa shape index (κ3) is 2.82. The molecular formula is C12H14N4O3. The number of benzene rings is 1. The smallest absolute Gasteiger partial charge is 0.337 e. The van der Waals surface area contributed by atoms with Gasteiger partial charge in [0.1, 0.15) is 18.7 Å². The maximum atomic E-state index is 10.8. The standard InChI is InChI=1S/C12H14N4O3/c1-2-16-11(14-7-15-16)6-19-8-3-4-9(12(17)18)10(13)5-8/h3-5,7H,2,6,13H2,1H3,(H,17,18). The van der Waals surface area contributed by atoms with Crippen LogP contribution in [0, 0.1) is 0 Å². The molecule has 100 valence electrons. The summed E-state index contributed by atoms with van der Waals surface area (Å²) >= 11 is 0. The first kappa shape index (κ1) is 12.9. The van der Waals surface area contributed by atoms with E-state index in [0.29, 0.717) is 18.1 Å². The number of nitrogens with zero attached hydrogens (tertiary/aromatic N) is 3. The van der Waals surface area contributed by atoms with E-state index >= 15 is 0 Å². The van der Waals surface area contributed by atoms with Crippen molar-refractivity contribution < 1.29 is 14.6 Å². The minimum absolute atomic E-state index is 0.0593. The molecule has 0 aliphatic heterocycles. The topological polar surface area (TPSA) is 103 Å². The van der Waals surface area contributed by atoms with Gasteiger partial charge in [-0.3, -0.25) is 0 Å². The predicted octanol–water partition coefficient (Wildman–Crippen LogP) is 1.16. The van der Waals surface area contributed by atoms with E-state index in [1.165, 1.54) is 18.5 Å². The molecule has 0 spiro atoms. The molecule has 0 atom stereocenters. The molecular weight excluding hydrogens is 248 g/mol. The van der Waals surface area contributed by atoms with Gasteiger partial charge in [0, 0.05) is 18.3 Å². The van der Waals surface area contributed by atoms with E-state index in [1.54, 1.807) is 10.7 Å². The number of nitrogen functional groups attached to an aromatic ring is 1. The molecule has 0 amide bonds. The lowest BCUT2D eigenvalue weighted by Gasteiger charge is -2.08. The normalized spacial score (nSPS) is 10.4. The first-order valence-corrected chi connectivity index (χ1v) is 5.74. The molecule has 2 aromatic rings. The zero-order valence-corrected chi connectivity index (χ0v) is 10.4. The van der Waals surface area contributed by atoms with Gasteiger partial charge in [-0.2, -0.15) is 5.10 Å². The van der Waals surface area contributed by atoms with Crippen LogP contribution in [-0.2, 0) is 13.2 Å². The van der Waals surface area contributed by atoms with Gasteiger partial charge in [0.15, 0.2) is 5.82 Å². The number of carboxylic acid groups (broad SMARTS) is 1. The maximum Gasteiger partial charge on any atom is 0.337 e. The molecule has 19 heavy (non-hydrogen) atoms. The molecule has 0 unspecified atom stereocenters. The molecule has 7 heteroatoms. The highest BCUT2D eigenvalue weighted by atomic mass is 16.5. The van der Waals surface area contributed by atoms with Crippen molar-refractivity contribution in [1.82, 2.24) is 14.8 Å². The maximum absolute atomic E-state index is 10.8. The van der Waals surface area contributed by atoms with Crippen LogP contribution >= 0.6 is 0 Å².